The van der Waals surface area contributed by atoms with Gasteiger partial charge in [0.25, 0.3) is 0 Å². The minimum absolute atomic E-state index is 0.0274. The van der Waals surface area contributed by atoms with E-state index in [1.807, 2.05) is 17.0 Å². The maximum atomic E-state index is 12.9. The topological polar surface area (TPSA) is 70.7 Å². The predicted octanol–water partition coefficient (Wildman–Crippen LogP) is 4.36. The number of amides is 3. The van der Waals surface area contributed by atoms with Crippen LogP contribution in [0, 0.1) is 5.82 Å². The van der Waals surface area contributed by atoms with Gasteiger partial charge in [-0.3, -0.25) is 4.79 Å². The molecular weight excluding hydrogens is 397 g/mol. The van der Waals surface area contributed by atoms with Crippen molar-refractivity contribution in [2.75, 3.05) is 25.5 Å². The molecule has 0 atom stereocenters. The Morgan fingerprint density at radius 1 is 1.03 bits per heavy atom. The van der Waals surface area contributed by atoms with Crippen molar-refractivity contribution in [2.45, 2.75) is 44.6 Å². The number of unbranched alkanes of at least 4 members (excludes halogenated alkanes) is 1. The SMILES string of the molecule is COc1ccc(CCCCC(=O)N2CCC(NC(=O)Nc3ccc(F)cc3)CC2)cc1. The average molecular weight is 428 g/mol. The second-order valence-corrected chi connectivity index (χ2v) is 7.82. The van der Waals surface area contributed by atoms with Gasteiger partial charge in [-0.2, -0.15) is 0 Å². The maximum absolute atomic E-state index is 12.9. The molecule has 0 radical (unpaired) electrons. The van der Waals surface area contributed by atoms with Gasteiger partial charge in [0.2, 0.25) is 5.91 Å². The number of nitrogens with one attached hydrogen (secondary N) is 2. The number of methoxy groups -OCH3 is 1. The smallest absolute Gasteiger partial charge is 0.319 e. The number of ether oxygens (including phenoxy) is 1. The van der Waals surface area contributed by atoms with Crippen LogP contribution < -0.4 is 15.4 Å². The second-order valence-electron chi connectivity index (χ2n) is 7.82. The van der Waals surface area contributed by atoms with Crippen LogP contribution in [0.5, 0.6) is 5.75 Å². The summed E-state index contributed by atoms with van der Waals surface area (Å²) in [7, 11) is 1.65. The molecule has 1 aliphatic heterocycles. The van der Waals surface area contributed by atoms with Gasteiger partial charge in [-0.25, -0.2) is 9.18 Å². The molecule has 3 rings (SSSR count). The van der Waals surface area contributed by atoms with E-state index < -0.39 is 0 Å². The summed E-state index contributed by atoms with van der Waals surface area (Å²) in [5.41, 5.74) is 1.79. The Morgan fingerprint density at radius 2 is 1.71 bits per heavy atom. The summed E-state index contributed by atoms with van der Waals surface area (Å²) < 4.78 is 18.1. The number of urea groups is 1. The highest BCUT2D eigenvalue weighted by molar-refractivity contribution is 5.89. The summed E-state index contributed by atoms with van der Waals surface area (Å²) in [4.78, 5) is 26.5. The molecule has 0 unspecified atom stereocenters. The highest BCUT2D eigenvalue weighted by atomic mass is 19.1. The van der Waals surface area contributed by atoms with E-state index in [2.05, 4.69) is 22.8 Å². The van der Waals surface area contributed by atoms with Gasteiger partial charge < -0.3 is 20.3 Å². The first kappa shape index (κ1) is 22.6. The molecule has 1 fully saturated rings. The number of aryl methyl sites for hydroxylation is 1. The largest absolute Gasteiger partial charge is 0.497 e. The van der Waals surface area contributed by atoms with Crippen LogP contribution in [0.25, 0.3) is 0 Å². The third kappa shape index (κ3) is 7.27. The van der Waals surface area contributed by atoms with Crippen molar-refractivity contribution in [3.8, 4) is 5.75 Å². The lowest BCUT2D eigenvalue weighted by Gasteiger charge is -2.32. The molecule has 2 aromatic carbocycles. The van der Waals surface area contributed by atoms with Crippen LogP contribution >= 0.6 is 0 Å². The molecule has 1 heterocycles. The van der Waals surface area contributed by atoms with Gasteiger partial charge in [0.05, 0.1) is 7.11 Å². The van der Waals surface area contributed by atoms with E-state index in [0.717, 1.165) is 37.9 Å². The van der Waals surface area contributed by atoms with Crippen LogP contribution in [0.1, 0.15) is 37.7 Å². The molecule has 1 saturated heterocycles. The predicted molar refractivity (Wildman–Crippen MR) is 119 cm³/mol. The Bertz CT molecular complexity index is 847. The fourth-order valence-electron chi connectivity index (χ4n) is 3.71. The zero-order valence-corrected chi connectivity index (χ0v) is 17.9. The van der Waals surface area contributed by atoms with Crippen LogP contribution in [0.4, 0.5) is 14.9 Å². The van der Waals surface area contributed by atoms with E-state index in [1.54, 1.807) is 7.11 Å². The molecule has 0 bridgehead atoms. The van der Waals surface area contributed by atoms with Gasteiger partial charge >= 0.3 is 6.03 Å². The Morgan fingerprint density at radius 3 is 2.35 bits per heavy atom. The number of carbonyl (C=O) groups excluding carboxylic acids is 2. The summed E-state index contributed by atoms with van der Waals surface area (Å²) in [5.74, 6) is 0.692. The van der Waals surface area contributed by atoms with E-state index in [-0.39, 0.29) is 23.8 Å². The molecule has 2 N–H and O–H groups in total. The Hall–Kier alpha value is -3.09. The summed E-state index contributed by atoms with van der Waals surface area (Å²) in [6.07, 6.45) is 4.80. The van der Waals surface area contributed by atoms with Gasteiger partial charge in [0.15, 0.2) is 0 Å². The first-order valence-electron chi connectivity index (χ1n) is 10.8. The number of anilines is 1. The number of nitrogens with zero attached hydrogens (tertiary/aromatic N) is 1. The zero-order chi connectivity index (χ0) is 22.1. The highest BCUT2D eigenvalue weighted by Crippen LogP contribution is 2.16. The third-order valence-corrected chi connectivity index (χ3v) is 5.55. The van der Waals surface area contributed by atoms with Crippen LogP contribution in [0.2, 0.25) is 0 Å². The van der Waals surface area contributed by atoms with Crippen molar-refractivity contribution < 1.29 is 18.7 Å². The second kappa shape index (κ2) is 11.3. The molecule has 0 aromatic heterocycles. The molecule has 1 aliphatic rings. The van der Waals surface area contributed by atoms with E-state index in [1.165, 1.54) is 29.8 Å². The molecule has 2 aromatic rings. The molecule has 3 amide bonds. The standard InChI is InChI=1S/C24H30FN3O3/c1-31-22-12-6-18(7-13-22)4-2-3-5-23(29)28-16-14-21(15-17-28)27-24(30)26-20-10-8-19(25)9-11-20/h6-13,21H,2-5,14-17H2,1H3,(H2,26,27,30). The molecule has 0 aliphatic carbocycles. The Labute approximate surface area is 182 Å². The van der Waals surface area contributed by atoms with Crippen molar-refractivity contribution >= 4 is 17.6 Å². The number of halogens is 1. The van der Waals surface area contributed by atoms with Crippen molar-refractivity contribution in [3.05, 3.63) is 59.9 Å². The number of rotatable bonds is 8. The minimum Gasteiger partial charge on any atom is -0.497 e. The quantitative estimate of drug-likeness (QED) is 0.615. The molecule has 0 spiro atoms. The van der Waals surface area contributed by atoms with Crippen LogP contribution in [0.15, 0.2) is 48.5 Å². The molecule has 7 heteroatoms. The molecule has 31 heavy (non-hydrogen) atoms. The zero-order valence-electron chi connectivity index (χ0n) is 17.9. The number of hydrogen-bond acceptors (Lipinski definition) is 3. The third-order valence-electron chi connectivity index (χ3n) is 5.55. The minimum atomic E-state index is -0.344. The van der Waals surface area contributed by atoms with Crippen LogP contribution in [0.3, 0.4) is 0 Å². The highest BCUT2D eigenvalue weighted by Gasteiger charge is 2.23. The maximum Gasteiger partial charge on any atom is 0.319 e. The summed E-state index contributed by atoms with van der Waals surface area (Å²) in [5, 5.41) is 5.63. The number of benzene rings is 2. The fourth-order valence-corrected chi connectivity index (χ4v) is 3.71. The van der Waals surface area contributed by atoms with Crippen molar-refractivity contribution in [3.63, 3.8) is 0 Å². The van der Waals surface area contributed by atoms with Crippen molar-refractivity contribution in [1.82, 2.24) is 10.2 Å². The summed E-state index contributed by atoms with van der Waals surface area (Å²) in [6.45, 7) is 1.30. The number of piperidine rings is 1. The average Bonchev–Trinajstić information content (AvgIpc) is 2.79. The van der Waals surface area contributed by atoms with Gasteiger partial charge in [-0.15, -0.1) is 0 Å². The van der Waals surface area contributed by atoms with E-state index in [9.17, 15) is 14.0 Å². The number of carbonyl (C=O) groups is 2. The Kier molecular flexibility index (Phi) is 8.27. The van der Waals surface area contributed by atoms with Gasteiger partial charge in [0, 0.05) is 31.2 Å². The lowest BCUT2D eigenvalue weighted by atomic mass is 10.0. The first-order valence-corrected chi connectivity index (χ1v) is 10.8. The lowest BCUT2D eigenvalue weighted by Crippen LogP contribution is -2.47. The summed E-state index contributed by atoms with van der Waals surface area (Å²) in [6, 6.07) is 13.4. The van der Waals surface area contributed by atoms with Gasteiger partial charge in [-0.1, -0.05) is 12.1 Å². The molecule has 166 valence electrons. The van der Waals surface area contributed by atoms with E-state index in [4.69, 9.17) is 4.74 Å². The molecule has 0 saturated carbocycles. The van der Waals surface area contributed by atoms with Crippen molar-refractivity contribution in [2.24, 2.45) is 0 Å². The molecular formula is C24H30FN3O3. The van der Waals surface area contributed by atoms with Gasteiger partial charge in [-0.05, 0) is 74.1 Å². The van der Waals surface area contributed by atoms with Gasteiger partial charge in [0.1, 0.15) is 11.6 Å². The van der Waals surface area contributed by atoms with Crippen LogP contribution in [-0.2, 0) is 11.2 Å². The fraction of sp³-hybridized carbons (Fsp3) is 0.417. The first-order chi connectivity index (χ1) is 15.0. The number of hydrogen-bond donors (Lipinski definition) is 2. The Balaban J connectivity index is 1.30. The normalized spacial score (nSPS) is 14.2. The molecule has 6 nitrogen and oxygen atoms in total. The lowest BCUT2D eigenvalue weighted by molar-refractivity contribution is -0.132. The van der Waals surface area contributed by atoms with Crippen LogP contribution in [-0.4, -0.2) is 43.1 Å². The van der Waals surface area contributed by atoms with Crippen molar-refractivity contribution in [1.29, 1.82) is 0 Å². The van der Waals surface area contributed by atoms with E-state index in [0.29, 0.717) is 25.2 Å². The monoisotopic (exact) mass is 427 g/mol. The van der Waals surface area contributed by atoms with E-state index >= 15 is 0 Å². The summed E-state index contributed by atoms with van der Waals surface area (Å²) >= 11 is 0. The number of likely N-dealkylation sites (tertiary alicyclic amines) is 1.